The average Bonchev–Trinajstić information content (AvgIpc) is 2.78. The van der Waals surface area contributed by atoms with E-state index in [-0.39, 0.29) is 32.0 Å². The Morgan fingerprint density at radius 3 is 2.38 bits per heavy atom. The van der Waals surface area contributed by atoms with Crippen LogP contribution in [0.2, 0.25) is 0 Å². The van der Waals surface area contributed by atoms with E-state index in [1.165, 1.54) is 42.5 Å². The molecule has 4 rings (SSSR count). The number of nitrogens with one attached hydrogen (secondary N) is 1. The summed E-state index contributed by atoms with van der Waals surface area (Å²) in [4.78, 5) is -0.351. The summed E-state index contributed by atoms with van der Waals surface area (Å²) < 4.78 is 66.7. The maximum absolute atomic E-state index is 13.1. The van der Waals surface area contributed by atoms with E-state index in [9.17, 15) is 26.5 Å². The lowest BCUT2D eigenvalue weighted by atomic mass is 10.1. The molecule has 0 aromatic heterocycles. The third-order valence-electron chi connectivity index (χ3n) is 5.14. The molecule has 0 bridgehead atoms. The quantitative estimate of drug-likeness (QED) is 0.118. The van der Waals surface area contributed by atoms with Crippen molar-refractivity contribution >= 4 is 59.4 Å². The second-order valence-corrected chi connectivity index (χ2v) is 11.0. The number of aryl methyl sites for hydroxylation is 1. The molecule has 0 aliphatic carbocycles. The number of phenols is 1. The number of hydrogen-bond donors (Lipinski definition) is 4. The first-order valence-corrected chi connectivity index (χ1v) is 13.1. The Kier molecular flexibility index (Phi) is 6.44. The minimum atomic E-state index is -4.74. The number of sulfonamides is 1. The fourth-order valence-corrected chi connectivity index (χ4v) is 5.86. The molecule has 0 saturated heterocycles. The van der Waals surface area contributed by atoms with Gasteiger partial charge in [0.05, 0.1) is 22.6 Å². The van der Waals surface area contributed by atoms with Gasteiger partial charge in [-0.1, -0.05) is 29.3 Å². The van der Waals surface area contributed by atoms with Crippen LogP contribution in [0.3, 0.4) is 0 Å². The van der Waals surface area contributed by atoms with Crippen LogP contribution in [0, 0.1) is 6.92 Å². The molecule has 10 nitrogen and oxygen atoms in total. The highest BCUT2D eigenvalue weighted by Crippen LogP contribution is 2.36. The molecule has 4 aromatic carbocycles. The lowest BCUT2D eigenvalue weighted by molar-refractivity contribution is -0.432. The summed E-state index contributed by atoms with van der Waals surface area (Å²) >= 11 is 0.550. The van der Waals surface area contributed by atoms with Gasteiger partial charge in [0.15, 0.2) is 0 Å². The molecule has 178 valence electrons. The fraction of sp³-hybridized carbons (Fsp3) is 0.0476. The molecule has 0 amide bonds. The largest absolute Gasteiger partial charge is 0.508 e. The number of anilines is 1. The lowest BCUT2D eigenvalue weighted by Gasteiger charge is -2.14. The number of fused-ring (bicyclic) bond motifs is 2. The van der Waals surface area contributed by atoms with Gasteiger partial charge < -0.3 is 5.11 Å². The van der Waals surface area contributed by atoms with Gasteiger partial charge in [-0.2, -0.15) is 8.42 Å². The first-order valence-electron chi connectivity index (χ1n) is 9.45. The molecule has 0 heterocycles. The summed E-state index contributed by atoms with van der Waals surface area (Å²) in [7, 11) is -8.92. The molecule has 4 aromatic rings. The van der Waals surface area contributed by atoms with E-state index in [1.807, 2.05) is 0 Å². The molecule has 0 atom stereocenters. The van der Waals surface area contributed by atoms with E-state index >= 15 is 0 Å². The monoisotopic (exact) mass is 523 g/mol. The van der Waals surface area contributed by atoms with Crippen LogP contribution < -0.4 is 4.72 Å². The van der Waals surface area contributed by atoms with Crippen molar-refractivity contribution in [2.45, 2.75) is 21.6 Å². The summed E-state index contributed by atoms with van der Waals surface area (Å²) in [5.74, 6) is 0.0828. The summed E-state index contributed by atoms with van der Waals surface area (Å²) in [6, 6.07) is 14.1. The van der Waals surface area contributed by atoms with Crippen molar-refractivity contribution in [2.24, 2.45) is 0 Å². The van der Waals surface area contributed by atoms with Crippen LogP contribution in [0.1, 0.15) is 5.56 Å². The topological polar surface area (TPSA) is 159 Å². The second-order valence-electron chi connectivity index (χ2n) is 7.22. The van der Waals surface area contributed by atoms with Gasteiger partial charge in [0, 0.05) is 15.7 Å². The van der Waals surface area contributed by atoms with Crippen LogP contribution in [-0.2, 0) is 29.5 Å². The van der Waals surface area contributed by atoms with Gasteiger partial charge in [0.25, 0.3) is 20.1 Å². The maximum Gasteiger partial charge on any atom is 0.295 e. The predicted molar refractivity (Wildman–Crippen MR) is 126 cm³/mol. The molecule has 0 spiro atoms. The summed E-state index contributed by atoms with van der Waals surface area (Å²) in [6.07, 6.45) is 0. The van der Waals surface area contributed by atoms with Crippen LogP contribution in [-0.4, -0.2) is 31.8 Å². The summed E-state index contributed by atoms with van der Waals surface area (Å²) in [5, 5.41) is 23.4. The third kappa shape index (κ3) is 4.67. The lowest BCUT2D eigenvalue weighted by Crippen LogP contribution is -2.13. The van der Waals surface area contributed by atoms with Gasteiger partial charge in [0.2, 0.25) is 0 Å². The van der Waals surface area contributed by atoms with Gasteiger partial charge in [-0.3, -0.25) is 9.27 Å². The normalized spacial score (nSPS) is 12.3. The van der Waals surface area contributed by atoms with Crippen molar-refractivity contribution in [3.05, 3.63) is 66.2 Å². The molecule has 0 unspecified atom stereocenters. The Morgan fingerprint density at radius 2 is 1.68 bits per heavy atom. The maximum atomic E-state index is 13.1. The molecule has 0 aliphatic heterocycles. The summed E-state index contributed by atoms with van der Waals surface area (Å²) in [5.41, 5.74) is 0.459. The van der Waals surface area contributed by atoms with Crippen LogP contribution in [0.4, 0.5) is 5.69 Å². The van der Waals surface area contributed by atoms with Crippen molar-refractivity contribution < 1.29 is 41.1 Å². The van der Waals surface area contributed by atoms with E-state index in [2.05, 4.69) is 14.1 Å². The minimum absolute atomic E-state index is 0.0828. The zero-order valence-corrected chi connectivity index (χ0v) is 19.7. The van der Waals surface area contributed by atoms with Crippen LogP contribution >= 0.6 is 12.0 Å². The van der Waals surface area contributed by atoms with E-state index < -0.39 is 25.0 Å². The van der Waals surface area contributed by atoms with Gasteiger partial charge in [-0.25, -0.2) is 13.7 Å². The van der Waals surface area contributed by atoms with Crippen molar-refractivity contribution in [2.75, 3.05) is 4.72 Å². The van der Waals surface area contributed by atoms with Crippen molar-refractivity contribution in [3.63, 3.8) is 0 Å². The number of phenolic OH excluding ortho intramolecular Hbond substituents is 1. The van der Waals surface area contributed by atoms with Gasteiger partial charge >= 0.3 is 0 Å². The Hall–Kier alpha value is -2.91. The highest BCUT2D eigenvalue weighted by Gasteiger charge is 2.21. The Morgan fingerprint density at radius 1 is 0.912 bits per heavy atom. The number of rotatable bonds is 7. The number of hydrogen-bond acceptors (Lipinski definition) is 9. The van der Waals surface area contributed by atoms with E-state index in [4.69, 9.17) is 5.26 Å². The van der Waals surface area contributed by atoms with Gasteiger partial charge in [0.1, 0.15) is 10.6 Å². The minimum Gasteiger partial charge on any atom is -0.508 e. The first kappa shape index (κ1) is 24.2. The SMILES string of the molecule is Cc1c(O)ccc2cc(S(=O)(=O)Nc3cc(S(=O)(=O)O)c4cccc(SOOO)c4c3)ccc12. The molecule has 13 heteroatoms. The van der Waals surface area contributed by atoms with Crippen molar-refractivity contribution in [1.82, 2.24) is 0 Å². The standard InChI is InChI=1S/C21H17NO9S3/c1-12-16-7-6-15(9-13(16)5-8-19(12)23)33(25,26)22-14-10-18-17(21(11-14)34(27,28)29)3-2-4-20(18)32-31-30-24/h2-11,22-24H,1H3,(H,27,28,29). The molecule has 4 N–H and O–H groups in total. The Balaban J connectivity index is 1.83. The molecule has 0 saturated carbocycles. The molecule has 0 radical (unpaired) electrons. The summed E-state index contributed by atoms with van der Waals surface area (Å²) in [6.45, 7) is 1.71. The zero-order valence-electron chi connectivity index (χ0n) is 17.3. The Labute approximate surface area is 198 Å². The third-order valence-corrected chi connectivity index (χ3v) is 8.08. The second kappa shape index (κ2) is 9.03. The molecule has 0 fully saturated rings. The fourth-order valence-electron chi connectivity index (χ4n) is 3.55. The zero-order chi connectivity index (χ0) is 24.7. The van der Waals surface area contributed by atoms with Crippen LogP contribution in [0.25, 0.3) is 21.5 Å². The van der Waals surface area contributed by atoms with Crippen LogP contribution in [0.5, 0.6) is 5.75 Å². The van der Waals surface area contributed by atoms with E-state index in [0.717, 1.165) is 6.07 Å². The van der Waals surface area contributed by atoms with E-state index in [1.54, 1.807) is 19.1 Å². The Bertz CT molecular complexity index is 1630. The highest BCUT2D eigenvalue weighted by molar-refractivity contribution is 7.94. The van der Waals surface area contributed by atoms with Crippen molar-refractivity contribution in [1.29, 1.82) is 0 Å². The highest BCUT2D eigenvalue weighted by atomic mass is 32.2. The predicted octanol–water partition coefficient (Wildman–Crippen LogP) is 4.48. The smallest absolute Gasteiger partial charge is 0.295 e. The van der Waals surface area contributed by atoms with Crippen LogP contribution in [0.15, 0.2) is 75.4 Å². The molecular formula is C21H17NO9S3. The molecule has 34 heavy (non-hydrogen) atoms. The van der Waals surface area contributed by atoms with E-state index in [0.29, 0.717) is 28.4 Å². The van der Waals surface area contributed by atoms with Gasteiger partial charge in [-0.05, 0) is 59.7 Å². The first-order chi connectivity index (χ1) is 16.0. The molecule has 0 aliphatic rings. The number of aromatic hydroxyl groups is 1. The number of benzene rings is 4. The average molecular weight is 524 g/mol. The van der Waals surface area contributed by atoms with Crippen molar-refractivity contribution in [3.8, 4) is 5.75 Å². The molecular weight excluding hydrogens is 506 g/mol. The van der Waals surface area contributed by atoms with Gasteiger partial charge in [-0.15, -0.1) is 4.33 Å².